The summed E-state index contributed by atoms with van der Waals surface area (Å²) >= 11 is 0. The van der Waals surface area contributed by atoms with Gasteiger partial charge in [0.25, 0.3) is 0 Å². The summed E-state index contributed by atoms with van der Waals surface area (Å²) in [4.78, 5) is 5.55. The molecule has 2 rings (SSSR count). The highest BCUT2D eigenvalue weighted by atomic mass is 19.2. The van der Waals surface area contributed by atoms with Crippen LogP contribution in [0.25, 0.3) is 0 Å². The van der Waals surface area contributed by atoms with Crippen LogP contribution in [0.2, 0.25) is 0 Å². The molecular formula is C15H13F5N2O. The van der Waals surface area contributed by atoms with E-state index >= 15 is 0 Å². The number of nitrogens with zero attached hydrogens (tertiary/aromatic N) is 2. The van der Waals surface area contributed by atoms with Crippen LogP contribution in [0.15, 0.2) is 12.1 Å². The van der Waals surface area contributed by atoms with E-state index in [4.69, 9.17) is 0 Å². The molecule has 0 saturated heterocycles. The zero-order valence-electron chi connectivity index (χ0n) is 12.5. The molecule has 0 aliphatic carbocycles. The van der Waals surface area contributed by atoms with Gasteiger partial charge in [0.15, 0.2) is 23.3 Å². The number of halogens is 5. The van der Waals surface area contributed by atoms with E-state index in [1.807, 2.05) is 0 Å². The average Bonchev–Trinajstić information content (AvgIpc) is 2.50. The van der Waals surface area contributed by atoms with Crippen molar-refractivity contribution in [3.05, 3.63) is 58.2 Å². The van der Waals surface area contributed by atoms with Gasteiger partial charge < -0.3 is 10.0 Å². The van der Waals surface area contributed by atoms with E-state index in [1.54, 1.807) is 32.0 Å². The summed E-state index contributed by atoms with van der Waals surface area (Å²) in [6.07, 6.45) is -2.10. The number of pyridine rings is 1. The van der Waals surface area contributed by atoms with Crippen molar-refractivity contribution in [2.24, 2.45) is 0 Å². The largest absolute Gasteiger partial charge is 0.382 e. The Labute approximate surface area is 129 Å². The summed E-state index contributed by atoms with van der Waals surface area (Å²) in [6, 6.07) is 2.93. The Kier molecular flexibility index (Phi) is 4.56. The fraction of sp³-hybridized carbons (Fsp3) is 0.267. The summed E-state index contributed by atoms with van der Waals surface area (Å²) in [5.74, 6) is -10.7. The molecule has 0 saturated carbocycles. The minimum absolute atomic E-state index is 0.225. The number of hydrogen-bond donors (Lipinski definition) is 1. The van der Waals surface area contributed by atoms with E-state index in [1.165, 1.54) is 6.07 Å². The molecule has 1 N–H and O–H groups in total. The molecule has 23 heavy (non-hydrogen) atoms. The maximum Gasteiger partial charge on any atom is 0.200 e. The maximum absolute atomic E-state index is 13.8. The van der Waals surface area contributed by atoms with Crippen LogP contribution < -0.4 is 4.90 Å². The Hall–Kier alpha value is -2.22. The van der Waals surface area contributed by atoms with E-state index in [2.05, 4.69) is 4.98 Å². The minimum Gasteiger partial charge on any atom is -0.382 e. The van der Waals surface area contributed by atoms with E-state index in [9.17, 15) is 27.1 Å². The lowest BCUT2D eigenvalue weighted by Crippen LogP contribution is -2.15. The van der Waals surface area contributed by atoms with Gasteiger partial charge in [0.1, 0.15) is 6.10 Å². The first kappa shape index (κ1) is 17.1. The third kappa shape index (κ3) is 2.98. The summed E-state index contributed by atoms with van der Waals surface area (Å²) in [5.41, 5.74) is -0.592. The van der Waals surface area contributed by atoms with Crippen LogP contribution in [-0.2, 0) is 0 Å². The molecule has 1 atom stereocenters. The van der Waals surface area contributed by atoms with Gasteiger partial charge in [-0.3, -0.25) is 4.98 Å². The van der Waals surface area contributed by atoms with Gasteiger partial charge in [-0.1, -0.05) is 0 Å². The summed E-state index contributed by atoms with van der Waals surface area (Å²) < 4.78 is 67.2. The van der Waals surface area contributed by atoms with Crippen molar-refractivity contribution in [2.45, 2.75) is 13.0 Å². The second kappa shape index (κ2) is 6.11. The molecule has 1 unspecified atom stereocenters. The van der Waals surface area contributed by atoms with Crippen LogP contribution in [0, 0.1) is 36.0 Å². The van der Waals surface area contributed by atoms with E-state index in [-0.39, 0.29) is 5.69 Å². The van der Waals surface area contributed by atoms with Crippen molar-refractivity contribution >= 4 is 5.69 Å². The van der Waals surface area contributed by atoms with Crippen molar-refractivity contribution in [3.63, 3.8) is 0 Å². The molecule has 1 aromatic carbocycles. The molecule has 1 aromatic heterocycles. The van der Waals surface area contributed by atoms with Gasteiger partial charge >= 0.3 is 0 Å². The highest BCUT2D eigenvalue weighted by Crippen LogP contribution is 2.32. The lowest BCUT2D eigenvalue weighted by Gasteiger charge is -2.18. The predicted molar refractivity (Wildman–Crippen MR) is 73.6 cm³/mol. The summed E-state index contributed by atoms with van der Waals surface area (Å²) in [7, 11) is 3.37. The maximum atomic E-state index is 13.8. The first-order chi connectivity index (χ1) is 10.6. The molecule has 0 aliphatic heterocycles. The number of aryl methyl sites for hydroxylation is 1. The number of aliphatic hydroxyl groups is 1. The summed E-state index contributed by atoms with van der Waals surface area (Å²) in [6.45, 7) is 1.57. The average molecular weight is 332 g/mol. The predicted octanol–water partition coefficient (Wildman–Crippen LogP) is 3.23. The molecule has 124 valence electrons. The fourth-order valence-corrected chi connectivity index (χ4v) is 2.08. The molecule has 3 nitrogen and oxygen atoms in total. The first-order valence-electron chi connectivity index (χ1n) is 6.50. The van der Waals surface area contributed by atoms with Crippen LogP contribution in [-0.4, -0.2) is 24.2 Å². The zero-order valence-corrected chi connectivity index (χ0v) is 12.5. The van der Waals surface area contributed by atoms with Gasteiger partial charge in [-0.2, -0.15) is 0 Å². The molecule has 0 amide bonds. The third-order valence-electron chi connectivity index (χ3n) is 3.27. The third-order valence-corrected chi connectivity index (χ3v) is 3.27. The van der Waals surface area contributed by atoms with Crippen LogP contribution in [0.4, 0.5) is 27.6 Å². The number of hydrogen-bond acceptors (Lipinski definition) is 3. The minimum atomic E-state index is -2.28. The molecule has 0 radical (unpaired) electrons. The number of aliphatic hydroxyl groups excluding tert-OH is 1. The SMILES string of the molecule is Cc1cc(N(C)C)cc(C(O)c2c(F)c(F)c(F)c(F)c2F)n1. The number of rotatable bonds is 3. The van der Waals surface area contributed by atoms with E-state index < -0.39 is 40.8 Å². The second-order valence-corrected chi connectivity index (χ2v) is 5.17. The Morgan fingerprint density at radius 3 is 1.87 bits per heavy atom. The van der Waals surface area contributed by atoms with Crippen LogP contribution in [0.1, 0.15) is 23.1 Å². The molecule has 0 spiro atoms. The quantitative estimate of drug-likeness (QED) is 0.533. The number of anilines is 1. The van der Waals surface area contributed by atoms with E-state index in [0.29, 0.717) is 11.4 Å². The molecule has 2 aromatic rings. The summed E-state index contributed by atoms with van der Waals surface area (Å²) in [5, 5.41) is 10.1. The van der Waals surface area contributed by atoms with Crippen LogP contribution in [0.3, 0.4) is 0 Å². The number of benzene rings is 1. The molecule has 8 heteroatoms. The topological polar surface area (TPSA) is 36.4 Å². The van der Waals surface area contributed by atoms with Crippen LogP contribution >= 0.6 is 0 Å². The molecule has 1 heterocycles. The van der Waals surface area contributed by atoms with Gasteiger partial charge in [0, 0.05) is 25.5 Å². The smallest absolute Gasteiger partial charge is 0.200 e. The Morgan fingerprint density at radius 1 is 0.913 bits per heavy atom. The monoisotopic (exact) mass is 332 g/mol. The molecule has 0 bridgehead atoms. The second-order valence-electron chi connectivity index (χ2n) is 5.17. The first-order valence-corrected chi connectivity index (χ1v) is 6.50. The van der Waals surface area contributed by atoms with Gasteiger partial charge in [0.2, 0.25) is 5.82 Å². The number of aromatic nitrogens is 1. The van der Waals surface area contributed by atoms with Crippen molar-refractivity contribution in [1.29, 1.82) is 0 Å². The van der Waals surface area contributed by atoms with Crippen molar-refractivity contribution in [2.75, 3.05) is 19.0 Å². The Balaban J connectivity index is 2.65. The zero-order chi connectivity index (χ0) is 17.5. The molecule has 0 aliphatic rings. The lowest BCUT2D eigenvalue weighted by molar-refractivity contribution is 0.198. The Morgan fingerprint density at radius 2 is 1.39 bits per heavy atom. The highest BCUT2D eigenvalue weighted by Gasteiger charge is 2.31. The standard InChI is InChI=1S/C15H13F5N2O/c1-6-4-7(22(2)3)5-8(21-6)15(23)9-10(16)12(18)14(20)13(19)11(9)17/h4-5,15,23H,1-3H3. The lowest BCUT2D eigenvalue weighted by atomic mass is 10.0. The van der Waals surface area contributed by atoms with E-state index in [0.717, 1.165) is 0 Å². The molecular weight excluding hydrogens is 319 g/mol. The Bertz CT molecular complexity index is 735. The van der Waals surface area contributed by atoms with Crippen molar-refractivity contribution < 1.29 is 27.1 Å². The normalized spacial score (nSPS) is 12.4. The fourth-order valence-electron chi connectivity index (χ4n) is 2.08. The highest BCUT2D eigenvalue weighted by molar-refractivity contribution is 5.48. The van der Waals surface area contributed by atoms with Crippen molar-refractivity contribution in [1.82, 2.24) is 4.98 Å². The van der Waals surface area contributed by atoms with Gasteiger partial charge in [0.05, 0.1) is 11.3 Å². The van der Waals surface area contributed by atoms with Gasteiger partial charge in [-0.25, -0.2) is 22.0 Å². The van der Waals surface area contributed by atoms with Gasteiger partial charge in [-0.15, -0.1) is 0 Å². The molecule has 0 fully saturated rings. The van der Waals surface area contributed by atoms with Gasteiger partial charge in [-0.05, 0) is 19.1 Å². The van der Waals surface area contributed by atoms with Crippen molar-refractivity contribution in [3.8, 4) is 0 Å². The van der Waals surface area contributed by atoms with Crippen LogP contribution in [0.5, 0.6) is 0 Å².